The molecule has 4 nitrogen and oxygen atoms in total. The Morgan fingerprint density at radius 2 is 1.95 bits per heavy atom. The molecule has 0 aliphatic rings. The minimum Gasteiger partial charge on any atom is -0.383 e. The van der Waals surface area contributed by atoms with Crippen molar-refractivity contribution in [1.29, 1.82) is 0 Å². The number of nitrogens with one attached hydrogen (secondary N) is 1. The van der Waals surface area contributed by atoms with Gasteiger partial charge >= 0.3 is 0 Å². The van der Waals surface area contributed by atoms with Gasteiger partial charge in [-0.2, -0.15) is 0 Å². The smallest absolute Gasteiger partial charge is 0.256 e. The highest BCUT2D eigenvalue weighted by molar-refractivity contribution is 5.40. The fourth-order valence-corrected chi connectivity index (χ4v) is 2.30. The first-order chi connectivity index (χ1) is 9.38. The molecule has 0 fully saturated rings. The van der Waals surface area contributed by atoms with Gasteiger partial charge in [0.15, 0.2) is 0 Å². The molecule has 0 saturated heterocycles. The Morgan fingerprint density at radius 1 is 1.25 bits per heavy atom. The number of aryl methyl sites for hydroxylation is 2. The van der Waals surface area contributed by atoms with Crippen LogP contribution in [-0.4, -0.2) is 9.97 Å². The summed E-state index contributed by atoms with van der Waals surface area (Å²) in [7, 11) is 0. The minimum absolute atomic E-state index is 0.0712. The molecule has 4 heteroatoms. The number of nitrogens with two attached hydrogens (primary N) is 1. The van der Waals surface area contributed by atoms with Gasteiger partial charge in [-0.25, -0.2) is 4.98 Å². The number of H-pyrrole nitrogens is 1. The van der Waals surface area contributed by atoms with Crippen molar-refractivity contribution in [1.82, 2.24) is 9.97 Å². The van der Waals surface area contributed by atoms with Crippen molar-refractivity contribution in [2.75, 3.05) is 5.73 Å². The van der Waals surface area contributed by atoms with Gasteiger partial charge < -0.3 is 10.7 Å². The summed E-state index contributed by atoms with van der Waals surface area (Å²) in [5.41, 5.74) is 9.94. The van der Waals surface area contributed by atoms with Crippen molar-refractivity contribution in [2.45, 2.75) is 40.0 Å². The Labute approximate surface area is 119 Å². The summed E-state index contributed by atoms with van der Waals surface area (Å²) in [5, 5.41) is 0. The molecule has 0 unspecified atom stereocenters. The summed E-state index contributed by atoms with van der Waals surface area (Å²) < 4.78 is 0. The third kappa shape index (κ3) is 2.90. The van der Waals surface area contributed by atoms with Crippen LogP contribution in [0, 0.1) is 13.8 Å². The van der Waals surface area contributed by atoms with Crippen LogP contribution in [0.15, 0.2) is 23.0 Å². The molecule has 0 spiro atoms. The second-order valence-electron chi connectivity index (χ2n) is 5.56. The molecule has 0 bridgehead atoms. The van der Waals surface area contributed by atoms with Crippen LogP contribution >= 0.6 is 0 Å². The van der Waals surface area contributed by atoms with E-state index in [0.29, 0.717) is 23.6 Å². The van der Waals surface area contributed by atoms with E-state index in [2.05, 4.69) is 42.0 Å². The maximum absolute atomic E-state index is 12.0. The van der Waals surface area contributed by atoms with Crippen molar-refractivity contribution in [3.05, 3.63) is 56.6 Å². The number of hydrogen-bond acceptors (Lipinski definition) is 3. The quantitative estimate of drug-likeness (QED) is 0.901. The third-order valence-electron chi connectivity index (χ3n) is 3.55. The molecule has 2 aromatic rings. The van der Waals surface area contributed by atoms with Crippen LogP contribution in [0.3, 0.4) is 0 Å². The average molecular weight is 271 g/mol. The largest absolute Gasteiger partial charge is 0.383 e. The maximum Gasteiger partial charge on any atom is 0.256 e. The van der Waals surface area contributed by atoms with E-state index in [1.54, 1.807) is 0 Å². The van der Waals surface area contributed by atoms with Gasteiger partial charge in [0, 0.05) is 6.42 Å². The normalized spacial score (nSPS) is 11.1. The highest BCUT2D eigenvalue weighted by atomic mass is 16.1. The number of anilines is 1. The maximum atomic E-state index is 12.0. The van der Waals surface area contributed by atoms with Crippen molar-refractivity contribution >= 4 is 5.82 Å². The molecule has 0 radical (unpaired) electrons. The first kappa shape index (κ1) is 14.3. The zero-order valence-electron chi connectivity index (χ0n) is 12.4. The molecule has 1 aromatic heterocycles. The molecule has 1 aromatic carbocycles. The van der Waals surface area contributed by atoms with E-state index in [9.17, 15) is 4.79 Å². The highest BCUT2D eigenvalue weighted by Gasteiger charge is 2.12. The Morgan fingerprint density at radius 3 is 2.50 bits per heavy atom. The van der Waals surface area contributed by atoms with Crippen molar-refractivity contribution in [3.8, 4) is 0 Å². The molecule has 1 heterocycles. The van der Waals surface area contributed by atoms with Gasteiger partial charge in [0.25, 0.3) is 5.56 Å². The van der Waals surface area contributed by atoms with Gasteiger partial charge in [-0.3, -0.25) is 4.79 Å². The fourth-order valence-electron chi connectivity index (χ4n) is 2.30. The van der Waals surface area contributed by atoms with E-state index in [-0.39, 0.29) is 11.5 Å². The van der Waals surface area contributed by atoms with Crippen molar-refractivity contribution in [3.63, 3.8) is 0 Å². The molecule has 0 aliphatic heterocycles. The predicted octanol–water partition coefficient (Wildman–Crippen LogP) is 2.68. The monoisotopic (exact) mass is 271 g/mol. The van der Waals surface area contributed by atoms with E-state index in [4.69, 9.17) is 5.73 Å². The summed E-state index contributed by atoms with van der Waals surface area (Å²) >= 11 is 0. The lowest BCUT2D eigenvalue weighted by Crippen LogP contribution is -2.21. The Kier molecular flexibility index (Phi) is 3.93. The first-order valence-corrected chi connectivity index (χ1v) is 6.83. The summed E-state index contributed by atoms with van der Waals surface area (Å²) in [5.74, 6) is 1.02. The first-order valence-electron chi connectivity index (χ1n) is 6.83. The number of benzene rings is 1. The second kappa shape index (κ2) is 5.49. The number of nitrogens with zero attached hydrogens (tertiary/aromatic N) is 1. The topological polar surface area (TPSA) is 71.8 Å². The lowest BCUT2D eigenvalue weighted by atomic mass is 10.0. The molecule has 0 atom stereocenters. The van der Waals surface area contributed by atoms with Gasteiger partial charge in [0.1, 0.15) is 11.6 Å². The number of aromatic amines is 1. The lowest BCUT2D eigenvalue weighted by Gasteiger charge is -2.10. The number of nitrogen functional groups attached to an aromatic ring is 1. The van der Waals surface area contributed by atoms with Crippen LogP contribution in [-0.2, 0) is 6.42 Å². The molecular formula is C16H21N3O. The van der Waals surface area contributed by atoms with Crippen LogP contribution in [0.25, 0.3) is 0 Å². The lowest BCUT2D eigenvalue weighted by molar-refractivity contribution is 0.817. The van der Waals surface area contributed by atoms with E-state index in [1.807, 2.05) is 13.8 Å². The van der Waals surface area contributed by atoms with Crippen LogP contribution in [0.5, 0.6) is 0 Å². The van der Waals surface area contributed by atoms with Crippen LogP contribution < -0.4 is 11.3 Å². The van der Waals surface area contributed by atoms with Crippen LogP contribution in [0.1, 0.15) is 47.8 Å². The van der Waals surface area contributed by atoms with Gasteiger partial charge in [-0.05, 0) is 36.5 Å². The van der Waals surface area contributed by atoms with Crippen LogP contribution in [0.4, 0.5) is 5.82 Å². The summed E-state index contributed by atoms with van der Waals surface area (Å²) in [6.07, 6.45) is 0.582. The number of rotatable bonds is 3. The number of hydrogen-bond donors (Lipinski definition) is 2. The molecule has 2 rings (SSSR count). The van der Waals surface area contributed by atoms with E-state index >= 15 is 0 Å². The summed E-state index contributed by atoms with van der Waals surface area (Å²) in [6.45, 7) is 8.02. The third-order valence-corrected chi connectivity index (χ3v) is 3.55. The molecule has 0 amide bonds. The number of aromatic nitrogens is 2. The molecule has 0 aliphatic carbocycles. The molecular weight excluding hydrogens is 250 g/mol. The summed E-state index contributed by atoms with van der Waals surface area (Å²) in [6, 6.07) is 6.24. The van der Waals surface area contributed by atoms with Crippen LogP contribution in [0.2, 0.25) is 0 Å². The molecule has 0 saturated carbocycles. The standard InChI is InChI=1S/C16H21N3O/c1-9(2)14-15(17)18-13(19-16(14)20)8-12-6-5-10(3)11(4)7-12/h5-7,9H,8H2,1-4H3,(H3,17,18,19,20). The van der Waals surface area contributed by atoms with Gasteiger partial charge in [0.2, 0.25) is 0 Å². The predicted molar refractivity (Wildman–Crippen MR) is 82.1 cm³/mol. The highest BCUT2D eigenvalue weighted by Crippen LogP contribution is 2.16. The average Bonchev–Trinajstić information content (AvgIpc) is 2.32. The molecule has 106 valence electrons. The zero-order valence-corrected chi connectivity index (χ0v) is 12.4. The zero-order chi connectivity index (χ0) is 14.9. The SMILES string of the molecule is Cc1ccc(Cc2nc(N)c(C(C)C)c(=O)[nH]2)cc1C. The van der Waals surface area contributed by atoms with Gasteiger partial charge in [-0.15, -0.1) is 0 Å². The molecule has 3 N–H and O–H groups in total. The Balaban J connectivity index is 2.35. The minimum atomic E-state index is -0.133. The van der Waals surface area contributed by atoms with Gasteiger partial charge in [-0.1, -0.05) is 32.0 Å². The van der Waals surface area contributed by atoms with E-state index < -0.39 is 0 Å². The van der Waals surface area contributed by atoms with Crippen molar-refractivity contribution in [2.24, 2.45) is 0 Å². The van der Waals surface area contributed by atoms with E-state index in [1.165, 1.54) is 11.1 Å². The Hall–Kier alpha value is -2.10. The van der Waals surface area contributed by atoms with E-state index in [0.717, 1.165) is 5.56 Å². The Bertz CT molecular complexity index is 687. The fraction of sp³-hybridized carbons (Fsp3) is 0.375. The van der Waals surface area contributed by atoms with Crippen molar-refractivity contribution < 1.29 is 0 Å². The second-order valence-corrected chi connectivity index (χ2v) is 5.56. The van der Waals surface area contributed by atoms with Gasteiger partial charge in [0.05, 0.1) is 5.56 Å². The summed E-state index contributed by atoms with van der Waals surface area (Å²) in [4.78, 5) is 19.2. The molecule has 20 heavy (non-hydrogen) atoms.